The second-order valence-electron chi connectivity index (χ2n) is 8.67. The first-order valence-electron chi connectivity index (χ1n) is 11.1. The molecule has 0 N–H and O–H groups in total. The van der Waals surface area contributed by atoms with Gasteiger partial charge in [0.2, 0.25) is 0 Å². The highest BCUT2D eigenvalue weighted by molar-refractivity contribution is 7.43. The van der Waals surface area contributed by atoms with Gasteiger partial charge in [-0.2, -0.15) is 0 Å². The number of rotatable bonds is 6. The van der Waals surface area contributed by atoms with Crippen LogP contribution in [-0.4, -0.2) is 16.7 Å². The van der Waals surface area contributed by atoms with E-state index in [0.717, 1.165) is 12.8 Å². The lowest BCUT2D eigenvalue weighted by molar-refractivity contribution is 0.723. The first-order chi connectivity index (χ1) is 15.1. The molecule has 2 heterocycles. The van der Waals surface area contributed by atoms with Crippen molar-refractivity contribution in [1.29, 1.82) is 0 Å². The predicted octanol–water partition coefficient (Wildman–Crippen LogP) is 6.58. The molecule has 0 aliphatic carbocycles. The molecule has 1 aliphatic rings. The fourth-order valence-corrected chi connectivity index (χ4v) is 6.29. The number of aryl methyl sites for hydroxylation is 1. The molecule has 1 aromatic heterocycles. The maximum absolute atomic E-state index is 2.64. The Morgan fingerprint density at radius 2 is 1.19 bits per heavy atom. The van der Waals surface area contributed by atoms with Gasteiger partial charge < -0.3 is 13.9 Å². The largest absolute Gasteiger partial charge is 0.329 e. The molecule has 0 radical (unpaired) electrons. The lowest BCUT2D eigenvalue weighted by Crippen LogP contribution is -2.31. The summed E-state index contributed by atoms with van der Waals surface area (Å²) >= 11 is 0. The molecule has 0 saturated heterocycles. The van der Waals surface area contributed by atoms with Crippen molar-refractivity contribution >= 4 is 31.3 Å². The van der Waals surface area contributed by atoms with Crippen molar-refractivity contribution in [2.45, 2.75) is 38.8 Å². The average molecular weight is 428 g/mol. The second kappa shape index (κ2) is 8.40. The minimum Gasteiger partial charge on any atom is -0.329 e. The number of nitrogens with zero attached hydrogens (tertiary/aromatic N) is 3. The molecular weight excluding hydrogens is 397 g/mol. The summed E-state index contributed by atoms with van der Waals surface area (Å²) in [6.07, 6.45) is 2.10. The molecule has 5 rings (SSSR count). The summed E-state index contributed by atoms with van der Waals surface area (Å²) in [5.74, 6) is 1.36. The molecule has 4 aromatic rings. The molecule has 0 saturated carbocycles. The molecule has 4 heteroatoms. The number of aromatic nitrogens is 1. The molecule has 1 unspecified atom stereocenters. The third kappa shape index (κ3) is 3.72. The fourth-order valence-electron chi connectivity index (χ4n) is 4.81. The van der Waals surface area contributed by atoms with E-state index >= 15 is 0 Å². The Hall–Kier alpha value is -2.77. The zero-order chi connectivity index (χ0) is 21.4. The Balaban J connectivity index is 1.52. The quantitative estimate of drug-likeness (QED) is 0.322. The number of anilines is 2. The van der Waals surface area contributed by atoms with E-state index in [1.54, 1.807) is 0 Å². The highest BCUT2D eigenvalue weighted by Crippen LogP contribution is 2.55. The first kappa shape index (κ1) is 20.2. The predicted molar refractivity (Wildman–Crippen MR) is 135 cm³/mol. The van der Waals surface area contributed by atoms with Gasteiger partial charge in [0.1, 0.15) is 5.82 Å². The van der Waals surface area contributed by atoms with Gasteiger partial charge in [0, 0.05) is 24.5 Å². The van der Waals surface area contributed by atoms with Gasteiger partial charge in [-0.05, 0) is 43.9 Å². The summed E-state index contributed by atoms with van der Waals surface area (Å²) < 4.78 is 7.67. The molecule has 0 amide bonds. The van der Waals surface area contributed by atoms with Crippen LogP contribution in [0.5, 0.6) is 0 Å². The molecule has 0 spiro atoms. The Bertz CT molecular complexity index is 1170. The van der Waals surface area contributed by atoms with Gasteiger partial charge in [0.05, 0.1) is 20.1 Å². The van der Waals surface area contributed by atoms with Crippen LogP contribution in [0.25, 0.3) is 10.9 Å². The zero-order valence-electron chi connectivity index (χ0n) is 18.5. The van der Waals surface area contributed by atoms with Crippen LogP contribution < -0.4 is 9.34 Å². The van der Waals surface area contributed by atoms with Crippen molar-refractivity contribution in [3.63, 3.8) is 0 Å². The summed E-state index contributed by atoms with van der Waals surface area (Å²) in [4.78, 5) is 0. The standard InChI is InChI=1S/C27H30N3P/c1-20(18-22-12-6-4-7-13-22)29-26-24-16-10-11-17-25(24)28(3)27(26)30(31-29)21(2)19-23-14-8-5-9-15-23/h4-17,20-21,31H,18-19H2,1-3H3/t20-,21-/m0/s1. The third-order valence-corrected chi connectivity index (χ3v) is 8.11. The van der Waals surface area contributed by atoms with Crippen LogP contribution in [0.15, 0.2) is 84.9 Å². The van der Waals surface area contributed by atoms with Gasteiger partial charge in [-0.1, -0.05) is 78.9 Å². The van der Waals surface area contributed by atoms with Crippen LogP contribution in [0.1, 0.15) is 25.0 Å². The molecule has 158 valence electrons. The maximum Gasteiger partial charge on any atom is 0.138 e. The normalized spacial score (nSPS) is 16.1. The van der Waals surface area contributed by atoms with Crippen molar-refractivity contribution in [3.8, 4) is 0 Å². The molecule has 31 heavy (non-hydrogen) atoms. The van der Waals surface area contributed by atoms with Gasteiger partial charge in [-0.3, -0.25) is 0 Å². The lowest BCUT2D eigenvalue weighted by atomic mass is 10.1. The van der Waals surface area contributed by atoms with E-state index in [1.807, 2.05) is 0 Å². The van der Waals surface area contributed by atoms with E-state index in [2.05, 4.69) is 120 Å². The van der Waals surface area contributed by atoms with Crippen LogP contribution in [0, 0.1) is 0 Å². The number of hydrogen-bond donors (Lipinski definition) is 0. The summed E-state index contributed by atoms with van der Waals surface area (Å²) in [5, 5.41) is 1.36. The van der Waals surface area contributed by atoms with Gasteiger partial charge in [-0.15, -0.1) is 0 Å². The van der Waals surface area contributed by atoms with E-state index in [1.165, 1.54) is 33.5 Å². The highest BCUT2D eigenvalue weighted by Gasteiger charge is 2.37. The third-order valence-electron chi connectivity index (χ3n) is 6.36. The molecule has 1 aliphatic heterocycles. The highest BCUT2D eigenvalue weighted by atomic mass is 31.1. The zero-order valence-corrected chi connectivity index (χ0v) is 19.5. The Kier molecular flexibility index (Phi) is 5.46. The lowest BCUT2D eigenvalue weighted by Gasteiger charge is -2.31. The van der Waals surface area contributed by atoms with Crippen molar-refractivity contribution in [2.24, 2.45) is 7.05 Å². The van der Waals surface area contributed by atoms with Gasteiger partial charge in [0.15, 0.2) is 0 Å². The molecule has 0 bridgehead atoms. The van der Waals surface area contributed by atoms with E-state index in [9.17, 15) is 0 Å². The smallest absolute Gasteiger partial charge is 0.138 e. The molecule has 0 fully saturated rings. The van der Waals surface area contributed by atoms with Crippen LogP contribution >= 0.6 is 8.88 Å². The van der Waals surface area contributed by atoms with Crippen molar-refractivity contribution in [2.75, 3.05) is 9.34 Å². The maximum atomic E-state index is 2.64. The number of fused-ring (bicyclic) bond motifs is 3. The minimum atomic E-state index is 0.427. The summed E-state index contributed by atoms with van der Waals surface area (Å²) in [7, 11) is 2.84. The summed E-state index contributed by atoms with van der Waals surface area (Å²) in [6.45, 7) is 4.74. The number of hydrogen-bond acceptors (Lipinski definition) is 2. The van der Waals surface area contributed by atoms with Crippen LogP contribution in [-0.2, 0) is 19.9 Å². The molecule has 3 nitrogen and oxygen atoms in total. The van der Waals surface area contributed by atoms with Gasteiger partial charge in [0.25, 0.3) is 0 Å². The molecule has 3 atom stereocenters. The monoisotopic (exact) mass is 427 g/mol. The Labute approximate surface area is 187 Å². The van der Waals surface area contributed by atoms with Crippen LogP contribution in [0.3, 0.4) is 0 Å². The number of para-hydroxylation sites is 1. The average Bonchev–Trinajstić information content (AvgIpc) is 3.33. The molecular formula is C27H30N3P. The molecule has 3 aromatic carbocycles. The summed E-state index contributed by atoms with van der Waals surface area (Å²) in [6, 6.07) is 31.5. The van der Waals surface area contributed by atoms with Crippen molar-refractivity contribution in [3.05, 3.63) is 96.1 Å². The minimum absolute atomic E-state index is 0.427. The van der Waals surface area contributed by atoms with Crippen molar-refractivity contribution in [1.82, 2.24) is 4.57 Å². The SMILES string of the molecule is C[C@@H](Cc1ccccc1)N1PN([C@@H](C)Cc2ccccc2)c2c1c1ccccc1n2C. The second-order valence-corrected chi connectivity index (χ2v) is 9.83. The van der Waals surface area contributed by atoms with Crippen LogP contribution in [0.4, 0.5) is 11.5 Å². The van der Waals surface area contributed by atoms with E-state index in [4.69, 9.17) is 0 Å². The van der Waals surface area contributed by atoms with Crippen molar-refractivity contribution < 1.29 is 0 Å². The van der Waals surface area contributed by atoms with E-state index in [0.29, 0.717) is 21.0 Å². The number of benzene rings is 3. The van der Waals surface area contributed by atoms with Gasteiger partial charge in [-0.25, -0.2) is 0 Å². The van der Waals surface area contributed by atoms with E-state index in [-0.39, 0.29) is 0 Å². The van der Waals surface area contributed by atoms with Gasteiger partial charge >= 0.3 is 0 Å². The first-order valence-corrected chi connectivity index (χ1v) is 12.0. The fraction of sp³-hybridized carbons (Fsp3) is 0.259. The Morgan fingerprint density at radius 3 is 1.81 bits per heavy atom. The topological polar surface area (TPSA) is 11.4 Å². The van der Waals surface area contributed by atoms with Crippen LogP contribution in [0.2, 0.25) is 0 Å². The Morgan fingerprint density at radius 1 is 0.677 bits per heavy atom. The summed E-state index contributed by atoms with van der Waals surface area (Å²) in [5.41, 5.74) is 5.51. The van der Waals surface area contributed by atoms with E-state index < -0.39 is 0 Å².